The van der Waals surface area contributed by atoms with Crippen LogP contribution in [-0.4, -0.2) is 38.3 Å². The van der Waals surface area contributed by atoms with E-state index in [1.54, 1.807) is 37.3 Å². The van der Waals surface area contributed by atoms with Gasteiger partial charge in [0.2, 0.25) is 5.91 Å². The molecular weight excluding hydrogens is 436 g/mol. The van der Waals surface area contributed by atoms with E-state index in [9.17, 15) is 14.4 Å². The molecule has 160 valence electrons. The highest BCUT2D eigenvalue weighted by Gasteiger charge is 2.33. The normalized spacial score (nSPS) is 15.8. The Bertz CT molecular complexity index is 1020. The highest BCUT2D eigenvalue weighted by atomic mass is 32.2. The first kappa shape index (κ1) is 22.5. The van der Waals surface area contributed by atoms with Gasteiger partial charge in [-0.3, -0.25) is 15.0 Å². The second-order valence-electron chi connectivity index (χ2n) is 6.64. The first-order chi connectivity index (χ1) is 14.9. The molecule has 7 nitrogen and oxygen atoms in total. The van der Waals surface area contributed by atoms with Crippen LogP contribution in [0.1, 0.15) is 24.5 Å². The predicted octanol–water partition coefficient (Wildman–Crippen LogP) is 3.40. The second-order valence-corrected chi connectivity index (χ2v) is 8.31. The number of thioether (sulfide) groups is 1. The highest BCUT2D eigenvalue weighted by Crippen LogP contribution is 2.31. The molecule has 2 aromatic carbocycles. The van der Waals surface area contributed by atoms with Crippen LogP contribution in [0.2, 0.25) is 0 Å². The summed E-state index contributed by atoms with van der Waals surface area (Å²) in [6.07, 6.45) is 1.21. The van der Waals surface area contributed by atoms with E-state index in [1.165, 1.54) is 0 Å². The molecule has 2 N–H and O–H groups in total. The van der Waals surface area contributed by atoms with Gasteiger partial charge in [0.05, 0.1) is 11.3 Å². The van der Waals surface area contributed by atoms with Crippen molar-refractivity contribution in [1.29, 1.82) is 0 Å². The van der Waals surface area contributed by atoms with Gasteiger partial charge < -0.3 is 9.84 Å². The van der Waals surface area contributed by atoms with Crippen LogP contribution in [0.15, 0.2) is 59.5 Å². The SMILES string of the molecule is CCC(Oc1ccc(/C=C2/SC(=S)N(NC(=O)Cc3ccccc3)C2=O)cc1)C(=O)O. The van der Waals surface area contributed by atoms with Crippen LogP contribution in [0, 0.1) is 0 Å². The van der Waals surface area contributed by atoms with Gasteiger partial charge in [0.25, 0.3) is 5.91 Å². The average molecular weight is 457 g/mol. The molecule has 1 aliphatic heterocycles. The number of carbonyl (C=O) groups excluding carboxylic acids is 2. The zero-order valence-electron chi connectivity index (χ0n) is 16.6. The van der Waals surface area contributed by atoms with Crippen molar-refractivity contribution >= 4 is 52.2 Å². The summed E-state index contributed by atoms with van der Waals surface area (Å²) < 4.78 is 5.67. The number of carboxylic acids is 1. The van der Waals surface area contributed by atoms with Crippen LogP contribution < -0.4 is 10.2 Å². The van der Waals surface area contributed by atoms with Gasteiger partial charge in [-0.25, -0.2) is 4.79 Å². The number of amides is 2. The number of aliphatic carboxylic acids is 1. The summed E-state index contributed by atoms with van der Waals surface area (Å²) in [5.74, 6) is -1.35. The monoisotopic (exact) mass is 456 g/mol. The van der Waals surface area contributed by atoms with Gasteiger partial charge in [-0.05, 0) is 48.0 Å². The molecule has 3 rings (SSSR count). The van der Waals surface area contributed by atoms with Crippen molar-refractivity contribution in [2.24, 2.45) is 0 Å². The Morgan fingerprint density at radius 2 is 1.87 bits per heavy atom. The lowest BCUT2D eigenvalue weighted by atomic mass is 10.1. The molecule has 0 aliphatic carbocycles. The number of hydrogen-bond donors (Lipinski definition) is 2. The molecule has 1 aliphatic rings. The largest absolute Gasteiger partial charge is 0.479 e. The lowest BCUT2D eigenvalue weighted by Crippen LogP contribution is -2.45. The van der Waals surface area contributed by atoms with Crippen molar-refractivity contribution in [2.45, 2.75) is 25.9 Å². The van der Waals surface area contributed by atoms with Crippen LogP contribution in [-0.2, 0) is 20.8 Å². The van der Waals surface area contributed by atoms with Gasteiger partial charge in [-0.1, -0.05) is 61.2 Å². The van der Waals surface area contributed by atoms with Gasteiger partial charge >= 0.3 is 5.97 Å². The average Bonchev–Trinajstić information content (AvgIpc) is 3.01. The Morgan fingerprint density at radius 1 is 1.19 bits per heavy atom. The van der Waals surface area contributed by atoms with Crippen LogP contribution in [0.5, 0.6) is 5.75 Å². The number of ether oxygens (including phenoxy) is 1. The number of nitrogens with zero attached hydrogens (tertiary/aromatic N) is 1. The summed E-state index contributed by atoms with van der Waals surface area (Å²) in [5, 5.41) is 10.2. The van der Waals surface area contributed by atoms with E-state index in [1.807, 2.05) is 30.3 Å². The van der Waals surface area contributed by atoms with Gasteiger partial charge in [-0.2, -0.15) is 5.01 Å². The zero-order valence-corrected chi connectivity index (χ0v) is 18.2. The van der Waals surface area contributed by atoms with E-state index in [0.717, 1.165) is 22.3 Å². The van der Waals surface area contributed by atoms with Gasteiger partial charge in [0.15, 0.2) is 10.4 Å². The first-order valence-corrected chi connectivity index (χ1v) is 10.7. The Kier molecular flexibility index (Phi) is 7.43. The number of hydrogen-bond acceptors (Lipinski definition) is 6. The topological polar surface area (TPSA) is 95.9 Å². The number of carbonyl (C=O) groups is 3. The van der Waals surface area contributed by atoms with E-state index < -0.39 is 18.0 Å². The molecule has 1 heterocycles. The van der Waals surface area contributed by atoms with Crippen molar-refractivity contribution in [2.75, 3.05) is 0 Å². The first-order valence-electron chi connectivity index (χ1n) is 9.48. The maximum Gasteiger partial charge on any atom is 0.344 e. The van der Waals surface area contributed by atoms with Crippen molar-refractivity contribution in [3.63, 3.8) is 0 Å². The van der Waals surface area contributed by atoms with Crippen LogP contribution >= 0.6 is 24.0 Å². The van der Waals surface area contributed by atoms with Crippen LogP contribution in [0.3, 0.4) is 0 Å². The van der Waals surface area contributed by atoms with E-state index in [4.69, 9.17) is 22.1 Å². The highest BCUT2D eigenvalue weighted by molar-refractivity contribution is 8.26. The molecule has 1 unspecified atom stereocenters. The van der Waals surface area contributed by atoms with Crippen molar-refractivity contribution in [3.05, 3.63) is 70.6 Å². The van der Waals surface area contributed by atoms with Crippen molar-refractivity contribution < 1.29 is 24.2 Å². The maximum absolute atomic E-state index is 12.7. The molecule has 2 aromatic rings. The molecular formula is C22H20N2O5S2. The minimum Gasteiger partial charge on any atom is -0.479 e. The summed E-state index contributed by atoms with van der Waals surface area (Å²) in [6.45, 7) is 1.73. The minimum atomic E-state index is -1.02. The number of hydrazine groups is 1. The fourth-order valence-corrected chi connectivity index (χ4v) is 3.96. The Morgan fingerprint density at radius 3 is 2.48 bits per heavy atom. The van der Waals surface area contributed by atoms with Crippen LogP contribution in [0.25, 0.3) is 6.08 Å². The van der Waals surface area contributed by atoms with E-state index >= 15 is 0 Å². The summed E-state index contributed by atoms with van der Waals surface area (Å²) in [5.41, 5.74) is 4.10. The van der Waals surface area contributed by atoms with E-state index in [2.05, 4.69) is 5.43 Å². The lowest BCUT2D eigenvalue weighted by Gasteiger charge is -2.15. The zero-order chi connectivity index (χ0) is 22.4. The third-order valence-electron chi connectivity index (χ3n) is 4.34. The molecule has 1 atom stereocenters. The van der Waals surface area contributed by atoms with Crippen molar-refractivity contribution in [1.82, 2.24) is 10.4 Å². The summed E-state index contributed by atoms with van der Waals surface area (Å²) in [4.78, 5) is 36.4. The molecule has 9 heteroatoms. The third kappa shape index (κ3) is 5.93. The Hall–Kier alpha value is -3.17. The Labute approximate surface area is 189 Å². The number of rotatable bonds is 8. The minimum absolute atomic E-state index is 0.132. The number of nitrogens with one attached hydrogen (secondary N) is 1. The van der Waals surface area contributed by atoms with Crippen LogP contribution in [0.4, 0.5) is 0 Å². The fraction of sp³-hybridized carbons (Fsp3) is 0.182. The smallest absolute Gasteiger partial charge is 0.344 e. The second kappa shape index (κ2) is 10.2. The van der Waals surface area contributed by atoms with E-state index in [-0.39, 0.29) is 16.6 Å². The molecule has 0 bridgehead atoms. The summed E-state index contributed by atoms with van der Waals surface area (Å²) in [7, 11) is 0. The number of carboxylic acid groups (broad SMARTS) is 1. The standard InChI is InChI=1S/C22H20N2O5S2/c1-2-17(21(27)28)29-16-10-8-15(9-11-16)12-18-20(26)24(22(30)31-18)23-19(25)13-14-6-4-3-5-7-14/h3-12,17H,2,13H2,1H3,(H,23,25)(H,27,28)/b18-12+. The summed E-state index contributed by atoms with van der Waals surface area (Å²) >= 11 is 6.33. The molecule has 0 saturated carbocycles. The number of benzene rings is 2. The van der Waals surface area contributed by atoms with E-state index in [0.29, 0.717) is 22.6 Å². The molecule has 1 saturated heterocycles. The number of thiocarbonyl (C=S) groups is 1. The molecule has 0 spiro atoms. The fourth-order valence-electron chi connectivity index (χ4n) is 2.78. The van der Waals surface area contributed by atoms with Gasteiger partial charge in [0, 0.05) is 0 Å². The predicted molar refractivity (Wildman–Crippen MR) is 122 cm³/mol. The lowest BCUT2D eigenvalue weighted by molar-refractivity contribution is -0.145. The molecule has 1 fully saturated rings. The van der Waals surface area contributed by atoms with Gasteiger partial charge in [-0.15, -0.1) is 0 Å². The van der Waals surface area contributed by atoms with Crippen molar-refractivity contribution in [3.8, 4) is 5.75 Å². The Balaban J connectivity index is 1.64. The quantitative estimate of drug-likeness (QED) is 0.464. The molecule has 31 heavy (non-hydrogen) atoms. The molecule has 2 amide bonds. The molecule has 0 radical (unpaired) electrons. The molecule has 0 aromatic heterocycles. The third-order valence-corrected chi connectivity index (χ3v) is 5.64. The van der Waals surface area contributed by atoms with Gasteiger partial charge in [0.1, 0.15) is 5.75 Å². The summed E-state index contributed by atoms with van der Waals surface area (Å²) in [6, 6.07) is 15.9. The maximum atomic E-state index is 12.7.